The number of amidine groups is 1. The quantitative estimate of drug-likeness (QED) is 0.670. The summed E-state index contributed by atoms with van der Waals surface area (Å²) in [5.74, 6) is 0.694. The van der Waals surface area contributed by atoms with Gasteiger partial charge in [0.25, 0.3) is 5.91 Å². The summed E-state index contributed by atoms with van der Waals surface area (Å²) in [7, 11) is 3.09. The van der Waals surface area contributed by atoms with Gasteiger partial charge in [0, 0.05) is 7.05 Å². The number of thiophene rings is 1. The van der Waals surface area contributed by atoms with E-state index >= 15 is 0 Å². The molecule has 1 heterocycles. The maximum absolute atomic E-state index is 11.8. The molecule has 5 nitrogen and oxygen atoms in total. The number of hydrogen-bond donors (Lipinski definition) is 2. The van der Waals surface area contributed by atoms with E-state index in [9.17, 15) is 4.79 Å². The van der Waals surface area contributed by atoms with E-state index in [4.69, 9.17) is 10.5 Å². The molecule has 1 aromatic carbocycles. The average Bonchev–Trinajstić information content (AvgIpc) is 3.00. The Morgan fingerprint density at radius 1 is 1.38 bits per heavy atom. The molecule has 0 saturated heterocycles. The Bertz CT molecular complexity index is 642. The Morgan fingerprint density at radius 3 is 2.71 bits per heavy atom. The van der Waals surface area contributed by atoms with Crippen LogP contribution in [0.1, 0.15) is 15.2 Å². The van der Waals surface area contributed by atoms with Crippen LogP contribution in [0.3, 0.4) is 0 Å². The Balaban J connectivity index is 0.00000220. The number of amides is 1. The highest BCUT2D eigenvalue weighted by Crippen LogP contribution is 2.25. The highest BCUT2D eigenvalue weighted by molar-refractivity contribution is 7.12. The zero-order valence-electron chi connectivity index (χ0n) is 11.6. The number of nitrogens with zero attached hydrogens (tertiary/aromatic N) is 1. The lowest BCUT2D eigenvalue weighted by molar-refractivity contribution is 0.0960. The minimum atomic E-state index is -0.228. The summed E-state index contributed by atoms with van der Waals surface area (Å²) >= 11 is 1.51. The van der Waals surface area contributed by atoms with E-state index in [1.807, 2.05) is 17.5 Å². The van der Waals surface area contributed by atoms with Crippen LogP contribution in [0.2, 0.25) is 0 Å². The molecule has 3 N–H and O–H groups in total. The van der Waals surface area contributed by atoms with Gasteiger partial charge >= 0.3 is 0 Å². The highest BCUT2D eigenvalue weighted by Gasteiger charge is 2.11. The standard InChI is InChI=1S/C14H15N3O2S.ClH/c1-16-14(18)10-8-9(5-6-11(10)19-2)17-13(15)12-4-3-7-20-12;/h3-8H,1-2H3,(H2,15,17)(H,16,18);1H. The highest BCUT2D eigenvalue weighted by atomic mass is 35.5. The van der Waals surface area contributed by atoms with Crippen molar-refractivity contribution in [3.05, 3.63) is 46.2 Å². The van der Waals surface area contributed by atoms with Crippen LogP contribution in [0.25, 0.3) is 0 Å². The van der Waals surface area contributed by atoms with E-state index in [-0.39, 0.29) is 18.3 Å². The molecule has 0 saturated carbocycles. The monoisotopic (exact) mass is 325 g/mol. The molecule has 0 bridgehead atoms. The van der Waals surface area contributed by atoms with Crippen LogP contribution in [-0.2, 0) is 0 Å². The van der Waals surface area contributed by atoms with E-state index in [0.29, 0.717) is 22.8 Å². The number of hydrogen-bond acceptors (Lipinski definition) is 4. The average molecular weight is 326 g/mol. The number of nitrogens with two attached hydrogens (primary N) is 1. The first-order valence-electron chi connectivity index (χ1n) is 5.94. The van der Waals surface area contributed by atoms with Gasteiger partial charge in [-0.05, 0) is 29.6 Å². The smallest absolute Gasteiger partial charge is 0.254 e. The van der Waals surface area contributed by atoms with E-state index in [0.717, 1.165) is 4.88 Å². The number of nitrogens with one attached hydrogen (secondary N) is 1. The second-order valence-electron chi connectivity index (χ2n) is 3.94. The van der Waals surface area contributed by atoms with Crippen LogP contribution in [0.15, 0.2) is 40.7 Å². The molecule has 0 atom stereocenters. The summed E-state index contributed by atoms with van der Waals surface area (Å²) in [4.78, 5) is 17.0. The molecule has 0 aliphatic heterocycles. The van der Waals surface area contributed by atoms with Crippen LogP contribution < -0.4 is 15.8 Å². The molecule has 0 unspecified atom stereocenters. The third kappa shape index (κ3) is 3.96. The minimum Gasteiger partial charge on any atom is -0.496 e. The molecule has 0 aliphatic rings. The molecule has 1 amide bonds. The van der Waals surface area contributed by atoms with Gasteiger partial charge in [-0.3, -0.25) is 4.79 Å². The van der Waals surface area contributed by atoms with Crippen molar-refractivity contribution in [2.24, 2.45) is 10.7 Å². The summed E-state index contributed by atoms with van der Waals surface area (Å²) < 4.78 is 5.16. The summed E-state index contributed by atoms with van der Waals surface area (Å²) in [6.45, 7) is 0. The summed E-state index contributed by atoms with van der Waals surface area (Å²) in [5, 5.41) is 4.50. The fourth-order valence-electron chi connectivity index (χ4n) is 1.70. The van der Waals surface area contributed by atoms with E-state index < -0.39 is 0 Å². The van der Waals surface area contributed by atoms with Crippen LogP contribution >= 0.6 is 23.7 Å². The maximum atomic E-state index is 11.8. The maximum Gasteiger partial charge on any atom is 0.254 e. The normalized spacial score (nSPS) is 10.7. The number of carbonyl (C=O) groups excluding carboxylic acids is 1. The predicted octanol–water partition coefficient (Wildman–Crippen LogP) is 2.58. The third-order valence-corrected chi connectivity index (χ3v) is 3.57. The number of halogens is 1. The SMILES string of the molecule is CNC(=O)c1cc(N=C(N)c2cccs2)ccc1OC.Cl. The van der Waals surface area contributed by atoms with Crippen molar-refractivity contribution in [1.29, 1.82) is 0 Å². The summed E-state index contributed by atoms with van der Waals surface area (Å²) in [6, 6.07) is 8.91. The Hall–Kier alpha value is -2.05. The molecule has 0 radical (unpaired) electrons. The van der Waals surface area contributed by atoms with Gasteiger partial charge in [0.05, 0.1) is 23.2 Å². The number of aliphatic imine (C=N–C) groups is 1. The number of carbonyl (C=O) groups is 1. The number of benzene rings is 1. The van der Waals surface area contributed by atoms with Crippen molar-refractivity contribution >= 4 is 41.2 Å². The van der Waals surface area contributed by atoms with Gasteiger partial charge in [0.15, 0.2) is 0 Å². The van der Waals surface area contributed by atoms with Crippen molar-refractivity contribution in [2.45, 2.75) is 0 Å². The molecule has 1 aromatic heterocycles. The molecule has 2 rings (SSSR count). The van der Waals surface area contributed by atoms with Crippen molar-refractivity contribution in [3.8, 4) is 5.75 Å². The minimum absolute atomic E-state index is 0. The predicted molar refractivity (Wildman–Crippen MR) is 88.3 cm³/mol. The molecule has 2 aromatic rings. The van der Waals surface area contributed by atoms with Crippen molar-refractivity contribution < 1.29 is 9.53 Å². The lowest BCUT2D eigenvalue weighted by Gasteiger charge is -2.08. The third-order valence-electron chi connectivity index (χ3n) is 2.68. The Kier molecular flexibility index (Phi) is 6.20. The lowest BCUT2D eigenvalue weighted by Crippen LogP contribution is -2.18. The molecule has 112 valence electrons. The van der Waals surface area contributed by atoms with Gasteiger partial charge in [-0.15, -0.1) is 23.7 Å². The van der Waals surface area contributed by atoms with Gasteiger partial charge in [-0.2, -0.15) is 0 Å². The summed E-state index contributed by atoms with van der Waals surface area (Å²) in [6.07, 6.45) is 0. The Labute approximate surface area is 133 Å². The van der Waals surface area contributed by atoms with E-state index in [1.165, 1.54) is 18.4 Å². The van der Waals surface area contributed by atoms with Crippen LogP contribution in [-0.4, -0.2) is 25.9 Å². The molecular weight excluding hydrogens is 310 g/mol. The first-order valence-corrected chi connectivity index (χ1v) is 6.82. The van der Waals surface area contributed by atoms with Crippen LogP contribution in [0.5, 0.6) is 5.75 Å². The first-order chi connectivity index (χ1) is 9.65. The van der Waals surface area contributed by atoms with Gasteiger partial charge in [0.2, 0.25) is 0 Å². The van der Waals surface area contributed by atoms with Crippen molar-refractivity contribution in [1.82, 2.24) is 5.32 Å². The topological polar surface area (TPSA) is 76.7 Å². The van der Waals surface area contributed by atoms with Gasteiger partial charge < -0.3 is 15.8 Å². The van der Waals surface area contributed by atoms with E-state index in [1.54, 1.807) is 25.2 Å². The first kappa shape index (κ1) is 17.0. The molecule has 0 aliphatic carbocycles. The molecule has 21 heavy (non-hydrogen) atoms. The lowest BCUT2D eigenvalue weighted by atomic mass is 10.1. The largest absolute Gasteiger partial charge is 0.496 e. The van der Waals surface area contributed by atoms with Crippen LogP contribution in [0, 0.1) is 0 Å². The van der Waals surface area contributed by atoms with Crippen molar-refractivity contribution in [3.63, 3.8) is 0 Å². The zero-order valence-corrected chi connectivity index (χ0v) is 13.3. The Morgan fingerprint density at radius 2 is 2.14 bits per heavy atom. The van der Waals surface area contributed by atoms with Gasteiger partial charge in [0.1, 0.15) is 11.6 Å². The molecule has 7 heteroatoms. The number of ether oxygens (including phenoxy) is 1. The molecule has 0 fully saturated rings. The number of methoxy groups -OCH3 is 1. The second-order valence-corrected chi connectivity index (χ2v) is 4.89. The second kappa shape index (κ2) is 7.66. The van der Waals surface area contributed by atoms with Gasteiger partial charge in [-0.1, -0.05) is 6.07 Å². The van der Waals surface area contributed by atoms with Crippen LogP contribution in [0.4, 0.5) is 5.69 Å². The fourth-order valence-corrected chi connectivity index (χ4v) is 2.32. The summed E-state index contributed by atoms with van der Waals surface area (Å²) in [5.41, 5.74) is 6.96. The zero-order chi connectivity index (χ0) is 14.5. The van der Waals surface area contributed by atoms with Gasteiger partial charge in [-0.25, -0.2) is 4.99 Å². The molecule has 0 spiro atoms. The van der Waals surface area contributed by atoms with E-state index in [2.05, 4.69) is 10.3 Å². The number of rotatable bonds is 4. The fraction of sp³-hybridized carbons (Fsp3) is 0.143. The molecular formula is C14H16ClN3O2S. The van der Waals surface area contributed by atoms with Crippen molar-refractivity contribution in [2.75, 3.05) is 14.2 Å².